The van der Waals surface area contributed by atoms with Crippen LogP contribution in [0.15, 0.2) is 24.3 Å². The normalized spacial score (nSPS) is 18.7. The van der Waals surface area contributed by atoms with E-state index in [0.29, 0.717) is 46.9 Å². The number of benzene rings is 1. The fraction of sp³-hybridized carbons (Fsp3) is 0.391. The van der Waals surface area contributed by atoms with Crippen LogP contribution >= 0.6 is 0 Å². The van der Waals surface area contributed by atoms with Crippen LogP contribution < -0.4 is 19.7 Å². The number of aryl methyl sites for hydroxylation is 1. The fourth-order valence-corrected chi connectivity index (χ4v) is 4.16. The van der Waals surface area contributed by atoms with Gasteiger partial charge in [0, 0.05) is 10.9 Å². The third kappa shape index (κ3) is 4.41. The molecule has 0 radical (unpaired) electrons. The van der Waals surface area contributed by atoms with Crippen LogP contribution in [0.2, 0.25) is 0 Å². The number of para-hydroxylation sites is 1. The molecule has 2 bridgehead atoms. The predicted octanol–water partition coefficient (Wildman–Crippen LogP) is 3.66. The number of morpholine rings is 1. The molecule has 0 spiro atoms. The maximum absolute atomic E-state index is 13.7. The van der Waals surface area contributed by atoms with Crippen LogP contribution in [0.4, 0.5) is 24.8 Å². The number of anilines is 2. The van der Waals surface area contributed by atoms with Crippen LogP contribution in [0, 0.1) is 6.92 Å². The van der Waals surface area contributed by atoms with E-state index in [-0.39, 0.29) is 37.5 Å². The van der Waals surface area contributed by atoms with E-state index in [9.17, 15) is 18.0 Å². The summed E-state index contributed by atoms with van der Waals surface area (Å²) in [6.45, 7) is 3.98. The number of halogens is 3. The molecule has 35 heavy (non-hydrogen) atoms. The number of rotatable bonds is 1. The number of fused-ring (bicyclic) bond motifs is 5. The van der Waals surface area contributed by atoms with E-state index in [4.69, 9.17) is 14.2 Å². The van der Waals surface area contributed by atoms with Gasteiger partial charge in [-0.15, -0.1) is 0 Å². The van der Waals surface area contributed by atoms with E-state index in [0.717, 1.165) is 6.07 Å². The molecule has 184 valence electrons. The van der Waals surface area contributed by atoms with Crippen molar-refractivity contribution in [3.63, 3.8) is 0 Å². The zero-order valence-corrected chi connectivity index (χ0v) is 19.0. The third-order valence-corrected chi connectivity index (χ3v) is 5.82. The molecule has 3 aromatic rings. The summed E-state index contributed by atoms with van der Waals surface area (Å²) in [5, 5.41) is 3.75. The molecule has 2 aliphatic heterocycles. The lowest BCUT2D eigenvalue weighted by atomic mass is 10.0. The van der Waals surface area contributed by atoms with Crippen molar-refractivity contribution >= 4 is 28.4 Å². The molecule has 5 rings (SSSR count). The molecule has 1 saturated heterocycles. The van der Waals surface area contributed by atoms with Gasteiger partial charge in [-0.25, -0.2) is 4.98 Å². The van der Waals surface area contributed by atoms with Crippen molar-refractivity contribution in [1.82, 2.24) is 15.0 Å². The van der Waals surface area contributed by atoms with Gasteiger partial charge >= 0.3 is 12.2 Å². The minimum atomic E-state index is -4.58. The number of alkyl halides is 3. The first-order valence-corrected chi connectivity index (χ1v) is 11.0. The minimum absolute atomic E-state index is 0.0392. The molecule has 0 unspecified atom stereocenters. The number of carbonyl (C=O) groups excluding carboxylic acids is 1. The molecule has 4 heterocycles. The number of amides is 1. The molecule has 0 aliphatic carbocycles. The molecule has 1 atom stereocenters. The number of carbonyl (C=O) groups is 1. The van der Waals surface area contributed by atoms with Crippen molar-refractivity contribution in [2.24, 2.45) is 0 Å². The Morgan fingerprint density at radius 1 is 1.11 bits per heavy atom. The Balaban J connectivity index is 1.63. The number of ether oxygens (including phenoxy) is 3. The summed E-state index contributed by atoms with van der Waals surface area (Å²) in [6.07, 6.45) is -4.58. The lowest BCUT2D eigenvalue weighted by Crippen LogP contribution is -2.42. The van der Waals surface area contributed by atoms with Crippen molar-refractivity contribution in [3.05, 3.63) is 41.1 Å². The van der Waals surface area contributed by atoms with Crippen molar-refractivity contribution in [1.29, 1.82) is 0 Å². The largest absolute Gasteiger partial charge is 0.489 e. The molecule has 2 aliphatic rings. The number of pyridine rings is 1. The predicted molar refractivity (Wildman–Crippen MR) is 120 cm³/mol. The summed E-state index contributed by atoms with van der Waals surface area (Å²) in [4.78, 5) is 27.4. The number of hydrogen-bond acceptors (Lipinski definition) is 8. The highest BCUT2D eigenvalue weighted by Gasteiger charge is 2.36. The van der Waals surface area contributed by atoms with Crippen LogP contribution in [0.25, 0.3) is 10.9 Å². The summed E-state index contributed by atoms with van der Waals surface area (Å²) in [5.74, 6) is 0.287. The Labute approximate surface area is 198 Å². The highest BCUT2D eigenvalue weighted by atomic mass is 19.4. The molecule has 1 fully saturated rings. The van der Waals surface area contributed by atoms with E-state index < -0.39 is 17.8 Å². The molecule has 1 aromatic carbocycles. The van der Waals surface area contributed by atoms with Crippen LogP contribution in [0.3, 0.4) is 0 Å². The van der Waals surface area contributed by atoms with Crippen LogP contribution in [0.5, 0.6) is 11.8 Å². The Bertz CT molecular complexity index is 1300. The Morgan fingerprint density at radius 3 is 2.69 bits per heavy atom. The molecule has 1 amide bonds. The standard InChI is InChI=1S/C23H22F3N5O4/c1-12-14-4-3-5-16(23(24,25)26)20(14)34-8-9-35-22-29-19-13(2)27-17(10-15(19)21(28-12)30-22)31-6-7-33-11-18(31)32/h3-5,10,12H,6-9,11H2,1-2H3,(H,28,29,30)/t12-/m1/s1. The van der Waals surface area contributed by atoms with Gasteiger partial charge < -0.3 is 19.5 Å². The van der Waals surface area contributed by atoms with Gasteiger partial charge in [-0.2, -0.15) is 23.1 Å². The van der Waals surface area contributed by atoms with Gasteiger partial charge in [0.15, 0.2) is 0 Å². The quantitative estimate of drug-likeness (QED) is 0.553. The third-order valence-electron chi connectivity index (χ3n) is 5.82. The van der Waals surface area contributed by atoms with Gasteiger partial charge in [-0.05, 0) is 26.0 Å². The number of nitrogens with zero attached hydrogens (tertiary/aromatic N) is 4. The van der Waals surface area contributed by atoms with E-state index in [1.165, 1.54) is 11.0 Å². The minimum Gasteiger partial charge on any atom is -0.489 e. The number of aromatic nitrogens is 3. The second kappa shape index (κ2) is 8.84. The fourth-order valence-electron chi connectivity index (χ4n) is 4.16. The van der Waals surface area contributed by atoms with E-state index in [2.05, 4.69) is 20.3 Å². The zero-order valence-electron chi connectivity index (χ0n) is 19.0. The first kappa shape index (κ1) is 23.1. The highest BCUT2D eigenvalue weighted by Crippen LogP contribution is 2.41. The first-order chi connectivity index (χ1) is 16.7. The molecule has 2 aromatic heterocycles. The van der Waals surface area contributed by atoms with Gasteiger partial charge in [0.2, 0.25) is 0 Å². The van der Waals surface area contributed by atoms with Crippen LogP contribution in [0.1, 0.15) is 29.8 Å². The summed E-state index contributed by atoms with van der Waals surface area (Å²) in [6, 6.07) is 5.03. The van der Waals surface area contributed by atoms with Gasteiger partial charge in [0.05, 0.1) is 30.5 Å². The van der Waals surface area contributed by atoms with Gasteiger partial charge in [0.25, 0.3) is 5.91 Å². The van der Waals surface area contributed by atoms with E-state index >= 15 is 0 Å². The van der Waals surface area contributed by atoms with Crippen molar-refractivity contribution < 1.29 is 32.2 Å². The Hall–Kier alpha value is -3.67. The zero-order chi connectivity index (χ0) is 24.7. The average molecular weight is 489 g/mol. The molecule has 9 nitrogen and oxygen atoms in total. The van der Waals surface area contributed by atoms with Crippen LogP contribution in [-0.2, 0) is 15.7 Å². The number of hydrogen-bond donors (Lipinski definition) is 1. The molecule has 1 N–H and O–H groups in total. The maximum atomic E-state index is 13.7. The Morgan fingerprint density at radius 2 is 1.91 bits per heavy atom. The lowest BCUT2D eigenvalue weighted by Gasteiger charge is -2.26. The van der Waals surface area contributed by atoms with E-state index in [1.807, 2.05) is 0 Å². The molecular formula is C23H22F3N5O4. The second-order valence-corrected chi connectivity index (χ2v) is 8.20. The smallest absolute Gasteiger partial charge is 0.419 e. The SMILES string of the molecule is Cc1nc(N2CCOCC2=O)cc2c3nc(nc12)OCCOc1c(cccc1C(F)(F)F)[C@@H](C)N3. The van der Waals surface area contributed by atoms with Crippen molar-refractivity contribution in [2.45, 2.75) is 26.1 Å². The topological polar surface area (TPSA) is 98.7 Å². The van der Waals surface area contributed by atoms with E-state index in [1.54, 1.807) is 26.0 Å². The summed E-state index contributed by atoms with van der Waals surface area (Å²) < 4.78 is 57.4. The summed E-state index contributed by atoms with van der Waals surface area (Å²) in [7, 11) is 0. The average Bonchev–Trinajstić information content (AvgIpc) is 2.83. The van der Waals surface area contributed by atoms with Gasteiger partial charge in [0.1, 0.15) is 42.7 Å². The van der Waals surface area contributed by atoms with Crippen molar-refractivity contribution in [3.8, 4) is 11.8 Å². The highest BCUT2D eigenvalue weighted by molar-refractivity contribution is 5.98. The molecule has 0 saturated carbocycles. The van der Waals surface area contributed by atoms with Gasteiger partial charge in [-0.3, -0.25) is 9.69 Å². The maximum Gasteiger partial charge on any atom is 0.419 e. The molecule has 12 heteroatoms. The Kier molecular flexibility index (Phi) is 5.83. The lowest BCUT2D eigenvalue weighted by molar-refractivity contribution is -0.139. The molecular weight excluding hydrogens is 467 g/mol. The second-order valence-electron chi connectivity index (χ2n) is 8.20. The first-order valence-electron chi connectivity index (χ1n) is 11.0. The number of nitrogens with one attached hydrogen (secondary N) is 1. The summed E-state index contributed by atoms with van der Waals surface area (Å²) >= 11 is 0. The van der Waals surface area contributed by atoms with Gasteiger partial charge in [-0.1, -0.05) is 12.1 Å². The van der Waals surface area contributed by atoms with Crippen LogP contribution in [-0.4, -0.2) is 53.8 Å². The van der Waals surface area contributed by atoms with Crippen molar-refractivity contribution in [2.75, 3.05) is 43.2 Å². The monoisotopic (exact) mass is 489 g/mol. The summed E-state index contributed by atoms with van der Waals surface area (Å²) in [5.41, 5.74) is 0.507.